The van der Waals surface area contributed by atoms with Crippen LogP contribution in [0.4, 0.5) is 10.5 Å². The predicted octanol–water partition coefficient (Wildman–Crippen LogP) is 2.21. The van der Waals surface area contributed by atoms with E-state index in [1.54, 1.807) is 29.5 Å². The second kappa shape index (κ2) is 10.3. The second-order valence-electron chi connectivity index (χ2n) is 7.18. The van der Waals surface area contributed by atoms with Crippen LogP contribution < -0.4 is 15.5 Å². The quantitative estimate of drug-likeness (QED) is 0.593. The van der Waals surface area contributed by atoms with Crippen molar-refractivity contribution in [1.82, 2.24) is 14.9 Å². The molecule has 3 rings (SSSR count). The Labute approximate surface area is 187 Å². The van der Waals surface area contributed by atoms with Crippen molar-refractivity contribution in [2.45, 2.75) is 31.6 Å². The van der Waals surface area contributed by atoms with E-state index in [0.29, 0.717) is 32.6 Å². The number of nitrogens with one attached hydrogen (secondary N) is 2. The number of rotatable bonds is 9. The van der Waals surface area contributed by atoms with Crippen molar-refractivity contribution in [3.63, 3.8) is 0 Å². The highest BCUT2D eigenvalue weighted by Gasteiger charge is 2.26. The minimum atomic E-state index is -3.52. The molecule has 2 N–H and O–H groups in total. The number of hydrogen-bond donors (Lipinski definition) is 2. The van der Waals surface area contributed by atoms with E-state index in [4.69, 9.17) is 0 Å². The summed E-state index contributed by atoms with van der Waals surface area (Å²) >= 11 is 1.62. The van der Waals surface area contributed by atoms with Crippen molar-refractivity contribution in [2.24, 2.45) is 0 Å². The molecule has 8 nitrogen and oxygen atoms in total. The SMILES string of the molecule is CCN(CC)S(=O)(=O)c1ccc2c(c1)CCN2CC(=O)NC(=O)NCCc1cccs1. The molecule has 2 heterocycles. The van der Waals surface area contributed by atoms with Crippen LogP contribution in [0.25, 0.3) is 0 Å². The third-order valence-electron chi connectivity index (χ3n) is 5.21. The molecule has 0 unspecified atom stereocenters. The van der Waals surface area contributed by atoms with Gasteiger partial charge in [-0.3, -0.25) is 10.1 Å². The van der Waals surface area contributed by atoms with Gasteiger partial charge < -0.3 is 10.2 Å². The van der Waals surface area contributed by atoms with E-state index in [1.807, 2.05) is 36.3 Å². The molecule has 1 aliphatic heterocycles. The van der Waals surface area contributed by atoms with E-state index in [1.165, 1.54) is 9.18 Å². The summed E-state index contributed by atoms with van der Waals surface area (Å²) in [5.74, 6) is -0.402. The van der Waals surface area contributed by atoms with Crippen LogP contribution in [0.2, 0.25) is 0 Å². The lowest BCUT2D eigenvalue weighted by molar-refractivity contribution is -0.118. The Morgan fingerprint density at radius 3 is 2.65 bits per heavy atom. The molecule has 168 valence electrons. The molecule has 0 atom stereocenters. The van der Waals surface area contributed by atoms with Gasteiger partial charge in [-0.05, 0) is 48.1 Å². The Bertz CT molecular complexity index is 1020. The van der Waals surface area contributed by atoms with Crippen LogP contribution in [0, 0.1) is 0 Å². The number of sulfonamides is 1. The lowest BCUT2D eigenvalue weighted by Gasteiger charge is -2.21. The molecule has 0 fully saturated rings. The van der Waals surface area contributed by atoms with E-state index in [2.05, 4.69) is 10.6 Å². The van der Waals surface area contributed by atoms with Gasteiger partial charge in [0.1, 0.15) is 0 Å². The predicted molar refractivity (Wildman–Crippen MR) is 122 cm³/mol. The van der Waals surface area contributed by atoms with Crippen molar-refractivity contribution >= 4 is 39.0 Å². The molecular formula is C21H28N4O4S2. The minimum absolute atomic E-state index is 0.0352. The Kier molecular flexibility index (Phi) is 7.69. The summed E-state index contributed by atoms with van der Waals surface area (Å²) in [4.78, 5) is 27.5. The molecule has 0 spiro atoms. The maximum atomic E-state index is 12.7. The topological polar surface area (TPSA) is 98.8 Å². The van der Waals surface area contributed by atoms with Crippen molar-refractivity contribution < 1.29 is 18.0 Å². The van der Waals surface area contributed by atoms with Crippen LogP contribution in [0.1, 0.15) is 24.3 Å². The first-order chi connectivity index (χ1) is 14.8. The van der Waals surface area contributed by atoms with Gasteiger partial charge in [-0.25, -0.2) is 13.2 Å². The Balaban J connectivity index is 1.55. The van der Waals surface area contributed by atoms with Crippen molar-refractivity contribution in [2.75, 3.05) is 37.6 Å². The fraction of sp³-hybridized carbons (Fsp3) is 0.429. The molecule has 0 saturated carbocycles. The van der Waals surface area contributed by atoms with Crippen molar-refractivity contribution in [3.05, 3.63) is 46.2 Å². The molecule has 0 aliphatic carbocycles. The second-order valence-corrected chi connectivity index (χ2v) is 10.2. The first kappa shape index (κ1) is 23.2. The molecule has 31 heavy (non-hydrogen) atoms. The highest BCUT2D eigenvalue weighted by atomic mass is 32.2. The number of anilines is 1. The average Bonchev–Trinajstić information content (AvgIpc) is 3.38. The molecule has 1 aromatic heterocycles. The number of amides is 3. The zero-order chi connectivity index (χ0) is 22.4. The van der Waals surface area contributed by atoms with Gasteiger partial charge in [0.25, 0.3) is 0 Å². The molecule has 0 saturated heterocycles. The Morgan fingerprint density at radius 1 is 1.19 bits per heavy atom. The zero-order valence-corrected chi connectivity index (χ0v) is 19.4. The fourth-order valence-corrected chi connectivity index (χ4v) is 5.84. The lowest BCUT2D eigenvalue weighted by atomic mass is 10.2. The number of thiophene rings is 1. The molecule has 1 aliphatic rings. The summed E-state index contributed by atoms with van der Waals surface area (Å²) in [7, 11) is -3.52. The highest BCUT2D eigenvalue weighted by Crippen LogP contribution is 2.30. The van der Waals surface area contributed by atoms with Crippen molar-refractivity contribution in [3.8, 4) is 0 Å². The third kappa shape index (κ3) is 5.63. The zero-order valence-electron chi connectivity index (χ0n) is 17.8. The van der Waals surface area contributed by atoms with Crippen LogP contribution in [0.5, 0.6) is 0 Å². The standard InChI is InChI=1S/C21H28N4O4S2/c1-3-25(4-2)31(28,29)18-7-8-19-16(14-18)10-12-24(19)15-20(26)23-21(27)22-11-9-17-6-5-13-30-17/h5-8,13-14H,3-4,9-12,15H2,1-2H3,(H2,22,23,26,27). The molecule has 0 bridgehead atoms. The van der Waals surface area contributed by atoms with Gasteiger partial charge >= 0.3 is 6.03 Å². The van der Waals surface area contributed by atoms with E-state index in [9.17, 15) is 18.0 Å². The van der Waals surface area contributed by atoms with Gasteiger partial charge in [-0.15, -0.1) is 11.3 Å². The first-order valence-corrected chi connectivity index (χ1v) is 12.6. The van der Waals surface area contributed by atoms with E-state index in [-0.39, 0.29) is 11.4 Å². The summed E-state index contributed by atoms with van der Waals surface area (Å²) in [5.41, 5.74) is 1.72. The summed E-state index contributed by atoms with van der Waals surface area (Å²) in [6.07, 6.45) is 1.37. The number of fused-ring (bicyclic) bond motifs is 1. The highest BCUT2D eigenvalue weighted by molar-refractivity contribution is 7.89. The number of carbonyl (C=O) groups excluding carboxylic acids is 2. The Hall–Kier alpha value is -2.43. The monoisotopic (exact) mass is 464 g/mol. The van der Waals surface area contributed by atoms with Crippen LogP contribution in [-0.2, 0) is 27.7 Å². The largest absolute Gasteiger partial charge is 0.362 e. The molecule has 3 amide bonds. The smallest absolute Gasteiger partial charge is 0.321 e. The van der Waals surface area contributed by atoms with Gasteiger partial charge in [0.2, 0.25) is 15.9 Å². The van der Waals surface area contributed by atoms with Crippen molar-refractivity contribution in [1.29, 1.82) is 0 Å². The number of benzene rings is 1. The fourth-order valence-electron chi connectivity index (χ4n) is 3.62. The lowest BCUT2D eigenvalue weighted by Crippen LogP contribution is -2.44. The first-order valence-electron chi connectivity index (χ1n) is 10.3. The summed E-state index contributed by atoms with van der Waals surface area (Å²) in [5, 5.41) is 7.02. The Morgan fingerprint density at radius 2 is 1.97 bits per heavy atom. The molecule has 10 heteroatoms. The van der Waals surface area contributed by atoms with Crippen LogP contribution in [0.15, 0.2) is 40.6 Å². The van der Waals surface area contributed by atoms with E-state index >= 15 is 0 Å². The van der Waals surface area contributed by atoms with Gasteiger partial charge in [0.15, 0.2) is 0 Å². The molecule has 2 aromatic rings. The molecule has 1 aromatic carbocycles. The van der Waals surface area contributed by atoms with Gasteiger partial charge in [0.05, 0.1) is 11.4 Å². The number of hydrogen-bond acceptors (Lipinski definition) is 6. The van der Waals surface area contributed by atoms with Crippen LogP contribution in [-0.4, -0.2) is 57.4 Å². The van der Waals surface area contributed by atoms with Gasteiger partial charge in [-0.1, -0.05) is 19.9 Å². The number of urea groups is 1. The summed E-state index contributed by atoms with van der Waals surface area (Å²) in [6, 6.07) is 8.46. The third-order valence-corrected chi connectivity index (χ3v) is 8.19. The van der Waals surface area contributed by atoms with Crippen LogP contribution >= 0.6 is 11.3 Å². The molecular weight excluding hydrogens is 436 g/mol. The number of carbonyl (C=O) groups is 2. The van der Waals surface area contributed by atoms with Gasteiger partial charge in [0, 0.05) is 36.7 Å². The normalized spacial score (nSPS) is 13.3. The average molecular weight is 465 g/mol. The number of nitrogens with zero attached hydrogens (tertiary/aromatic N) is 2. The van der Waals surface area contributed by atoms with E-state index < -0.39 is 22.0 Å². The maximum absolute atomic E-state index is 12.7. The maximum Gasteiger partial charge on any atom is 0.321 e. The van der Waals surface area contributed by atoms with E-state index in [0.717, 1.165) is 17.7 Å². The number of imide groups is 1. The molecule has 0 radical (unpaired) electrons. The van der Waals surface area contributed by atoms with Crippen LogP contribution in [0.3, 0.4) is 0 Å². The summed E-state index contributed by atoms with van der Waals surface area (Å²) < 4.78 is 26.9. The summed E-state index contributed by atoms with van der Waals surface area (Å²) in [6.45, 7) is 5.54. The van der Waals surface area contributed by atoms with Gasteiger partial charge in [-0.2, -0.15) is 4.31 Å². The minimum Gasteiger partial charge on any atom is -0.362 e.